The summed E-state index contributed by atoms with van der Waals surface area (Å²) in [6.07, 6.45) is 6.41. The average Bonchev–Trinajstić information content (AvgIpc) is 3.07. The number of anilines is 1. The summed E-state index contributed by atoms with van der Waals surface area (Å²) in [5, 5.41) is 3.43. The maximum absolute atomic E-state index is 12.1. The molecule has 1 fully saturated rings. The number of H-pyrrole nitrogens is 1. The second-order valence-electron chi connectivity index (χ2n) is 7.46. The van der Waals surface area contributed by atoms with E-state index >= 15 is 0 Å². The zero-order chi connectivity index (χ0) is 18.6. The molecule has 6 nitrogen and oxygen atoms in total. The Hall–Kier alpha value is -2.63. The van der Waals surface area contributed by atoms with Crippen LogP contribution >= 0.6 is 0 Å². The van der Waals surface area contributed by atoms with Gasteiger partial charge in [-0.2, -0.15) is 0 Å². The molecule has 1 amide bonds. The lowest BCUT2D eigenvalue weighted by Crippen LogP contribution is -2.26. The highest BCUT2D eigenvalue weighted by Gasteiger charge is 2.21. The van der Waals surface area contributed by atoms with E-state index < -0.39 is 0 Å². The minimum absolute atomic E-state index is 0.135. The Morgan fingerprint density at radius 2 is 2.07 bits per heavy atom. The van der Waals surface area contributed by atoms with Gasteiger partial charge in [0.25, 0.3) is 5.56 Å². The number of carbonyl (C=O) groups is 1. The summed E-state index contributed by atoms with van der Waals surface area (Å²) in [5.41, 5.74) is 3.31. The fourth-order valence-corrected chi connectivity index (χ4v) is 4.16. The van der Waals surface area contributed by atoms with Gasteiger partial charge in [0.15, 0.2) is 0 Å². The molecule has 0 saturated carbocycles. The van der Waals surface area contributed by atoms with Gasteiger partial charge in [-0.3, -0.25) is 14.6 Å². The SMILES string of the molecule is O=C1CCCN1CCCc1cc(=O)[nH]c(N[C@H]2CCCc3ccccc32)n1. The predicted molar refractivity (Wildman–Crippen MR) is 105 cm³/mol. The minimum Gasteiger partial charge on any atom is -0.349 e. The van der Waals surface area contributed by atoms with Crippen LogP contribution in [0.4, 0.5) is 5.95 Å². The Bertz CT molecular complexity index is 876. The lowest BCUT2D eigenvalue weighted by atomic mass is 9.88. The lowest BCUT2D eigenvalue weighted by molar-refractivity contribution is -0.127. The highest BCUT2D eigenvalue weighted by molar-refractivity contribution is 5.77. The normalized spacial score (nSPS) is 19.2. The number of nitrogens with one attached hydrogen (secondary N) is 2. The van der Waals surface area contributed by atoms with Crippen molar-refractivity contribution in [1.82, 2.24) is 14.9 Å². The first-order chi connectivity index (χ1) is 13.2. The molecule has 1 atom stereocenters. The van der Waals surface area contributed by atoms with Gasteiger partial charge in [-0.15, -0.1) is 0 Å². The van der Waals surface area contributed by atoms with Crippen LogP contribution in [0.2, 0.25) is 0 Å². The molecule has 1 aromatic heterocycles. The first kappa shape index (κ1) is 17.8. The van der Waals surface area contributed by atoms with Crippen LogP contribution in [0.15, 0.2) is 35.1 Å². The summed E-state index contributed by atoms with van der Waals surface area (Å²) < 4.78 is 0. The second kappa shape index (κ2) is 7.94. The van der Waals surface area contributed by atoms with Crippen LogP contribution < -0.4 is 10.9 Å². The highest BCUT2D eigenvalue weighted by Crippen LogP contribution is 2.31. The van der Waals surface area contributed by atoms with E-state index in [2.05, 4.69) is 39.6 Å². The van der Waals surface area contributed by atoms with E-state index in [1.54, 1.807) is 6.07 Å². The molecule has 0 unspecified atom stereocenters. The summed E-state index contributed by atoms with van der Waals surface area (Å²) in [6, 6.07) is 10.2. The van der Waals surface area contributed by atoms with Gasteiger partial charge in [0.2, 0.25) is 11.9 Å². The van der Waals surface area contributed by atoms with Crippen molar-refractivity contribution in [2.24, 2.45) is 0 Å². The molecule has 6 heteroatoms. The van der Waals surface area contributed by atoms with Crippen molar-refractivity contribution in [2.75, 3.05) is 18.4 Å². The molecule has 2 aliphatic rings. The number of fused-ring (bicyclic) bond motifs is 1. The molecule has 1 aromatic carbocycles. The topological polar surface area (TPSA) is 78.1 Å². The maximum Gasteiger partial charge on any atom is 0.252 e. The molecule has 1 aliphatic heterocycles. The van der Waals surface area contributed by atoms with Crippen molar-refractivity contribution >= 4 is 11.9 Å². The number of hydrogen-bond acceptors (Lipinski definition) is 4. The number of carbonyl (C=O) groups excluding carboxylic acids is 1. The van der Waals surface area contributed by atoms with E-state index in [1.165, 1.54) is 11.1 Å². The second-order valence-corrected chi connectivity index (χ2v) is 7.46. The number of aromatic amines is 1. The zero-order valence-electron chi connectivity index (χ0n) is 15.5. The van der Waals surface area contributed by atoms with Crippen molar-refractivity contribution in [1.29, 1.82) is 0 Å². The first-order valence-corrected chi connectivity index (χ1v) is 9.91. The Balaban J connectivity index is 1.42. The van der Waals surface area contributed by atoms with Crippen LogP contribution in [0.25, 0.3) is 0 Å². The van der Waals surface area contributed by atoms with Gasteiger partial charge in [-0.05, 0) is 49.7 Å². The van der Waals surface area contributed by atoms with E-state index in [0.717, 1.165) is 50.9 Å². The number of amides is 1. The summed E-state index contributed by atoms with van der Waals surface area (Å²) in [6.45, 7) is 1.60. The Morgan fingerprint density at radius 3 is 2.93 bits per heavy atom. The van der Waals surface area contributed by atoms with Gasteiger partial charge >= 0.3 is 0 Å². The minimum atomic E-state index is -0.135. The highest BCUT2D eigenvalue weighted by atomic mass is 16.2. The van der Waals surface area contributed by atoms with Crippen LogP contribution in [0, 0.1) is 0 Å². The Morgan fingerprint density at radius 1 is 1.19 bits per heavy atom. The Labute approximate surface area is 159 Å². The monoisotopic (exact) mass is 366 g/mol. The van der Waals surface area contributed by atoms with Gasteiger partial charge in [-0.25, -0.2) is 4.98 Å². The molecule has 4 rings (SSSR count). The Kier molecular flexibility index (Phi) is 5.23. The molecule has 142 valence electrons. The molecule has 1 aliphatic carbocycles. The zero-order valence-corrected chi connectivity index (χ0v) is 15.5. The number of likely N-dealkylation sites (tertiary alicyclic amines) is 1. The number of aromatic nitrogens is 2. The maximum atomic E-state index is 12.1. The molecule has 2 aromatic rings. The third kappa shape index (κ3) is 4.21. The number of benzene rings is 1. The lowest BCUT2D eigenvalue weighted by Gasteiger charge is -2.26. The number of nitrogens with zero attached hydrogens (tertiary/aromatic N) is 2. The van der Waals surface area contributed by atoms with Gasteiger partial charge in [0.1, 0.15) is 0 Å². The van der Waals surface area contributed by atoms with Crippen molar-refractivity contribution in [3.8, 4) is 0 Å². The van der Waals surface area contributed by atoms with Gasteiger partial charge in [0, 0.05) is 31.3 Å². The standard InChI is InChI=1S/C21H26N4O2/c26-19-14-16(8-4-12-25-13-5-11-20(25)27)22-21(24-19)23-18-10-3-7-15-6-1-2-9-17(15)18/h1-2,6,9,14,18H,3-5,7-8,10-13H2,(H2,22,23,24,26)/t18-/m0/s1. The molecular weight excluding hydrogens is 340 g/mol. The fraction of sp³-hybridized carbons (Fsp3) is 0.476. The van der Waals surface area contributed by atoms with Gasteiger partial charge < -0.3 is 10.2 Å². The van der Waals surface area contributed by atoms with E-state index in [4.69, 9.17) is 0 Å². The van der Waals surface area contributed by atoms with E-state index in [1.807, 2.05) is 4.90 Å². The van der Waals surface area contributed by atoms with Crippen molar-refractivity contribution < 1.29 is 4.79 Å². The van der Waals surface area contributed by atoms with Crippen molar-refractivity contribution in [3.63, 3.8) is 0 Å². The number of aryl methyl sites for hydroxylation is 2. The van der Waals surface area contributed by atoms with E-state index in [0.29, 0.717) is 18.8 Å². The van der Waals surface area contributed by atoms with Crippen molar-refractivity contribution in [3.05, 3.63) is 57.5 Å². The third-order valence-electron chi connectivity index (χ3n) is 5.51. The largest absolute Gasteiger partial charge is 0.349 e. The molecule has 0 radical (unpaired) electrons. The molecule has 0 bridgehead atoms. The van der Waals surface area contributed by atoms with Crippen LogP contribution in [0.3, 0.4) is 0 Å². The molecule has 2 heterocycles. The fourth-order valence-electron chi connectivity index (χ4n) is 4.16. The molecule has 1 saturated heterocycles. The van der Waals surface area contributed by atoms with Crippen LogP contribution in [0.1, 0.15) is 55.0 Å². The van der Waals surface area contributed by atoms with Crippen molar-refractivity contribution in [2.45, 2.75) is 51.0 Å². The van der Waals surface area contributed by atoms with Crippen LogP contribution in [-0.2, 0) is 17.6 Å². The summed E-state index contributed by atoms with van der Waals surface area (Å²) in [4.78, 5) is 33.1. The van der Waals surface area contributed by atoms with E-state index in [-0.39, 0.29) is 17.5 Å². The van der Waals surface area contributed by atoms with Crippen LogP contribution in [0.5, 0.6) is 0 Å². The molecular formula is C21H26N4O2. The van der Waals surface area contributed by atoms with Crippen LogP contribution in [-0.4, -0.2) is 33.9 Å². The predicted octanol–water partition coefficient (Wildman–Crippen LogP) is 2.81. The molecule has 2 N–H and O–H groups in total. The molecule has 27 heavy (non-hydrogen) atoms. The number of rotatable bonds is 6. The van der Waals surface area contributed by atoms with E-state index in [9.17, 15) is 9.59 Å². The molecule has 0 spiro atoms. The third-order valence-corrected chi connectivity index (χ3v) is 5.51. The number of hydrogen-bond donors (Lipinski definition) is 2. The summed E-state index contributed by atoms with van der Waals surface area (Å²) >= 11 is 0. The smallest absolute Gasteiger partial charge is 0.252 e. The van der Waals surface area contributed by atoms with Gasteiger partial charge in [0.05, 0.1) is 6.04 Å². The summed E-state index contributed by atoms with van der Waals surface area (Å²) in [5.74, 6) is 0.781. The average molecular weight is 366 g/mol. The van der Waals surface area contributed by atoms with Gasteiger partial charge in [-0.1, -0.05) is 24.3 Å². The first-order valence-electron chi connectivity index (χ1n) is 9.91. The quantitative estimate of drug-likeness (QED) is 0.824. The summed E-state index contributed by atoms with van der Waals surface area (Å²) in [7, 11) is 0.